The Morgan fingerprint density at radius 3 is 2.31 bits per heavy atom. The molecule has 2 heteroatoms. The maximum atomic E-state index is 8.69. The first kappa shape index (κ1) is 11.5. The van der Waals surface area contributed by atoms with E-state index < -0.39 is 0 Å². The van der Waals surface area contributed by atoms with E-state index in [1.165, 1.54) is 0 Å². The van der Waals surface area contributed by atoms with Crippen LogP contribution in [0.1, 0.15) is 26.7 Å². The zero-order chi connectivity index (χ0) is 10.3. The van der Waals surface area contributed by atoms with Gasteiger partial charge in [0, 0.05) is 0 Å². The van der Waals surface area contributed by atoms with Gasteiger partial charge in [0.25, 0.3) is 0 Å². The van der Waals surface area contributed by atoms with Crippen molar-refractivity contribution in [1.82, 2.24) is 0 Å². The lowest BCUT2D eigenvalue weighted by atomic mass is 9.92. The molecule has 1 unspecified atom stereocenters. The first-order valence-corrected chi connectivity index (χ1v) is 4.35. The number of allylic oxidation sites excluding steroid dienone is 3. The quantitative estimate of drug-likeness (QED) is 0.486. The second-order valence-corrected chi connectivity index (χ2v) is 2.90. The summed E-state index contributed by atoms with van der Waals surface area (Å²) in [6.07, 6.45) is 3.38. The highest BCUT2D eigenvalue weighted by molar-refractivity contribution is 5.40. The van der Waals surface area contributed by atoms with Crippen LogP contribution in [0.4, 0.5) is 0 Å². The highest BCUT2D eigenvalue weighted by atomic mass is 14.3. The second kappa shape index (κ2) is 6.03. The largest absolute Gasteiger partial charge is 0.192 e. The molecule has 68 valence electrons. The van der Waals surface area contributed by atoms with Gasteiger partial charge in [0.1, 0.15) is 17.7 Å². The summed E-state index contributed by atoms with van der Waals surface area (Å²) < 4.78 is 0. The molecule has 2 nitrogen and oxygen atoms in total. The molecule has 0 aliphatic heterocycles. The fraction of sp³-hybridized carbons (Fsp3) is 0.455. The van der Waals surface area contributed by atoms with Crippen molar-refractivity contribution < 1.29 is 0 Å². The Hall–Kier alpha value is -1.54. The molecule has 0 aliphatic rings. The van der Waals surface area contributed by atoms with Gasteiger partial charge in [0.05, 0.1) is 0 Å². The van der Waals surface area contributed by atoms with Crippen LogP contribution < -0.4 is 0 Å². The van der Waals surface area contributed by atoms with Gasteiger partial charge in [0.2, 0.25) is 0 Å². The van der Waals surface area contributed by atoms with Crippen LogP contribution in [0.15, 0.2) is 23.8 Å². The van der Waals surface area contributed by atoms with Crippen LogP contribution in [-0.2, 0) is 0 Å². The molecule has 0 aliphatic carbocycles. The molecule has 0 aromatic rings. The first-order valence-electron chi connectivity index (χ1n) is 4.35. The summed E-state index contributed by atoms with van der Waals surface area (Å²) in [6, 6.07) is 3.85. The second-order valence-electron chi connectivity index (χ2n) is 2.90. The summed E-state index contributed by atoms with van der Waals surface area (Å²) in [5.41, 5.74) is 1.20. The number of nitriles is 2. The van der Waals surface area contributed by atoms with Gasteiger partial charge < -0.3 is 0 Å². The number of hydrogen-bond donors (Lipinski definition) is 0. The van der Waals surface area contributed by atoms with E-state index in [9.17, 15) is 0 Å². The summed E-state index contributed by atoms with van der Waals surface area (Å²) in [7, 11) is 0. The third-order valence-corrected chi connectivity index (χ3v) is 2.04. The molecule has 13 heavy (non-hydrogen) atoms. The smallest absolute Gasteiger partial charge is 0.129 e. The molecule has 0 fully saturated rings. The number of rotatable bonds is 4. The molecular formula is C11H14N2. The van der Waals surface area contributed by atoms with Crippen LogP contribution in [0.5, 0.6) is 0 Å². The summed E-state index contributed by atoms with van der Waals surface area (Å²) >= 11 is 0. The van der Waals surface area contributed by atoms with Crippen molar-refractivity contribution in [2.75, 3.05) is 0 Å². The minimum atomic E-state index is 0.247. The SMILES string of the molecule is C=CCC(C)C(CC)=C(C#N)C#N. The van der Waals surface area contributed by atoms with Gasteiger partial charge in [-0.05, 0) is 24.3 Å². The van der Waals surface area contributed by atoms with E-state index in [4.69, 9.17) is 10.5 Å². The lowest BCUT2D eigenvalue weighted by Crippen LogP contribution is -2.00. The highest BCUT2D eigenvalue weighted by Gasteiger charge is 2.10. The summed E-state index contributed by atoms with van der Waals surface area (Å²) in [5, 5.41) is 17.4. The van der Waals surface area contributed by atoms with Gasteiger partial charge in [-0.3, -0.25) is 0 Å². The molecule has 0 N–H and O–H groups in total. The van der Waals surface area contributed by atoms with E-state index in [1.807, 2.05) is 32.1 Å². The van der Waals surface area contributed by atoms with Crippen molar-refractivity contribution in [3.63, 3.8) is 0 Å². The molecule has 0 spiro atoms. The Labute approximate surface area is 79.8 Å². The van der Waals surface area contributed by atoms with Crippen molar-refractivity contribution in [1.29, 1.82) is 10.5 Å². The van der Waals surface area contributed by atoms with Crippen LogP contribution in [-0.4, -0.2) is 0 Å². The molecule has 0 saturated heterocycles. The van der Waals surface area contributed by atoms with E-state index in [-0.39, 0.29) is 11.5 Å². The first-order chi connectivity index (χ1) is 6.21. The molecule has 0 radical (unpaired) electrons. The van der Waals surface area contributed by atoms with E-state index >= 15 is 0 Å². The van der Waals surface area contributed by atoms with E-state index in [0.29, 0.717) is 0 Å². The lowest BCUT2D eigenvalue weighted by molar-refractivity contribution is 0.665. The Balaban J connectivity index is 4.89. The van der Waals surface area contributed by atoms with Crippen molar-refractivity contribution >= 4 is 0 Å². The molecule has 0 aromatic carbocycles. The maximum absolute atomic E-state index is 8.69. The zero-order valence-corrected chi connectivity index (χ0v) is 8.17. The molecule has 0 saturated carbocycles. The predicted molar refractivity (Wildman–Crippen MR) is 52.5 cm³/mol. The van der Waals surface area contributed by atoms with Gasteiger partial charge in [-0.2, -0.15) is 10.5 Å². The van der Waals surface area contributed by atoms with E-state index in [2.05, 4.69) is 6.58 Å². The third kappa shape index (κ3) is 3.13. The normalized spacial score (nSPS) is 10.8. The van der Waals surface area contributed by atoms with Crippen molar-refractivity contribution in [3.8, 4) is 12.1 Å². The lowest BCUT2D eigenvalue weighted by Gasteiger charge is -2.11. The zero-order valence-electron chi connectivity index (χ0n) is 8.17. The Kier molecular flexibility index (Phi) is 5.32. The Morgan fingerprint density at radius 1 is 1.46 bits per heavy atom. The predicted octanol–water partition coefficient (Wildman–Crippen LogP) is 2.95. The van der Waals surface area contributed by atoms with Gasteiger partial charge >= 0.3 is 0 Å². The minimum absolute atomic E-state index is 0.247. The Morgan fingerprint density at radius 2 is 2.00 bits per heavy atom. The van der Waals surface area contributed by atoms with Crippen LogP contribution in [0.25, 0.3) is 0 Å². The summed E-state index contributed by atoms with van der Waals surface area (Å²) in [6.45, 7) is 7.61. The monoisotopic (exact) mass is 174 g/mol. The molecule has 0 bridgehead atoms. The van der Waals surface area contributed by atoms with Crippen LogP contribution in [0.2, 0.25) is 0 Å². The molecular weight excluding hydrogens is 160 g/mol. The fourth-order valence-corrected chi connectivity index (χ4v) is 1.33. The minimum Gasteiger partial charge on any atom is -0.192 e. The molecule has 0 aromatic heterocycles. The topological polar surface area (TPSA) is 47.6 Å². The summed E-state index contributed by atoms with van der Waals surface area (Å²) in [5.74, 6) is 0.247. The van der Waals surface area contributed by atoms with E-state index in [1.54, 1.807) is 0 Å². The van der Waals surface area contributed by atoms with Gasteiger partial charge in [-0.25, -0.2) is 0 Å². The van der Waals surface area contributed by atoms with Crippen LogP contribution in [0.3, 0.4) is 0 Å². The van der Waals surface area contributed by atoms with Gasteiger partial charge in [-0.15, -0.1) is 6.58 Å². The highest BCUT2D eigenvalue weighted by Crippen LogP contribution is 2.21. The summed E-state index contributed by atoms with van der Waals surface area (Å²) in [4.78, 5) is 0. The van der Waals surface area contributed by atoms with Crippen molar-refractivity contribution in [3.05, 3.63) is 23.8 Å². The van der Waals surface area contributed by atoms with E-state index in [0.717, 1.165) is 18.4 Å². The van der Waals surface area contributed by atoms with Crippen molar-refractivity contribution in [2.24, 2.45) is 5.92 Å². The average Bonchev–Trinajstić information content (AvgIpc) is 2.14. The number of hydrogen-bond acceptors (Lipinski definition) is 2. The standard InChI is InChI=1S/C11H14N2/c1-4-6-9(3)11(5-2)10(7-12)8-13/h4,9H,1,5-6H2,2-3H3. The van der Waals surface area contributed by atoms with Gasteiger partial charge in [0.15, 0.2) is 0 Å². The van der Waals surface area contributed by atoms with Crippen molar-refractivity contribution in [2.45, 2.75) is 26.7 Å². The molecule has 0 heterocycles. The third-order valence-electron chi connectivity index (χ3n) is 2.04. The van der Waals surface area contributed by atoms with Crippen LogP contribution in [0, 0.1) is 28.6 Å². The number of nitrogens with zero attached hydrogens (tertiary/aromatic N) is 2. The fourth-order valence-electron chi connectivity index (χ4n) is 1.33. The Bertz CT molecular complexity index is 270. The molecule has 0 amide bonds. The van der Waals surface area contributed by atoms with Crippen LogP contribution >= 0.6 is 0 Å². The average molecular weight is 174 g/mol. The maximum Gasteiger partial charge on any atom is 0.129 e. The molecule has 1 atom stereocenters. The molecule has 0 rings (SSSR count). The van der Waals surface area contributed by atoms with Gasteiger partial charge in [-0.1, -0.05) is 19.9 Å².